The predicted molar refractivity (Wildman–Crippen MR) is 94.7 cm³/mol. The van der Waals surface area contributed by atoms with E-state index in [0.29, 0.717) is 30.9 Å². The Morgan fingerprint density at radius 2 is 2.12 bits per heavy atom. The number of carbonyl (C=O) groups excluding carboxylic acids is 2. The summed E-state index contributed by atoms with van der Waals surface area (Å²) in [6.07, 6.45) is 1.57. The molecule has 3 rings (SSSR count). The summed E-state index contributed by atoms with van der Waals surface area (Å²) in [5, 5.41) is 10.0. The van der Waals surface area contributed by atoms with Crippen molar-refractivity contribution in [3.63, 3.8) is 0 Å². The van der Waals surface area contributed by atoms with Gasteiger partial charge in [-0.25, -0.2) is 0 Å². The van der Waals surface area contributed by atoms with E-state index < -0.39 is 0 Å². The third-order valence-corrected chi connectivity index (χ3v) is 4.40. The largest absolute Gasteiger partial charge is 0.497 e. The van der Waals surface area contributed by atoms with E-state index >= 15 is 0 Å². The second kappa shape index (κ2) is 6.96. The standard InChI is InChI=1S/C18H22N4O3/c1-11-10-14-16(21-22(2)17(14)20-18(11)24)19-15(23)9-6-12-4-7-13(25-3)8-5-12/h4-5,7-8,11H,6,9-10H2,1-3H3,(H,20,24)(H,19,21,23). The van der Waals surface area contributed by atoms with Gasteiger partial charge in [-0.15, -0.1) is 0 Å². The number of benzene rings is 1. The SMILES string of the molecule is COc1ccc(CCC(=O)Nc2nn(C)c3c2CC(C)C(=O)N3)cc1. The maximum atomic E-state index is 12.3. The summed E-state index contributed by atoms with van der Waals surface area (Å²) in [4.78, 5) is 24.1. The number of ether oxygens (including phenoxy) is 1. The van der Waals surface area contributed by atoms with Crippen LogP contribution < -0.4 is 15.4 Å². The summed E-state index contributed by atoms with van der Waals surface area (Å²) in [6, 6.07) is 7.66. The quantitative estimate of drug-likeness (QED) is 0.872. The predicted octanol–water partition coefficient (Wildman–Crippen LogP) is 2.13. The van der Waals surface area contributed by atoms with Crippen LogP contribution in [0.2, 0.25) is 0 Å². The molecule has 0 radical (unpaired) electrons. The van der Waals surface area contributed by atoms with Gasteiger partial charge in [-0.05, 0) is 30.5 Å². The number of amides is 2. The van der Waals surface area contributed by atoms with E-state index in [0.717, 1.165) is 16.9 Å². The van der Waals surface area contributed by atoms with Crippen LogP contribution in [-0.4, -0.2) is 28.7 Å². The smallest absolute Gasteiger partial charge is 0.228 e. The van der Waals surface area contributed by atoms with Crippen molar-refractivity contribution in [3.05, 3.63) is 35.4 Å². The number of fused-ring (bicyclic) bond motifs is 1. The van der Waals surface area contributed by atoms with Crippen molar-refractivity contribution in [1.29, 1.82) is 0 Å². The average Bonchev–Trinajstić information content (AvgIpc) is 2.89. The van der Waals surface area contributed by atoms with Gasteiger partial charge >= 0.3 is 0 Å². The summed E-state index contributed by atoms with van der Waals surface area (Å²) < 4.78 is 6.72. The zero-order valence-electron chi connectivity index (χ0n) is 14.6. The Bertz CT molecular complexity index is 795. The van der Waals surface area contributed by atoms with Crippen molar-refractivity contribution in [1.82, 2.24) is 9.78 Å². The molecule has 0 saturated carbocycles. The van der Waals surface area contributed by atoms with Gasteiger partial charge in [0.1, 0.15) is 11.6 Å². The highest BCUT2D eigenvalue weighted by atomic mass is 16.5. The lowest BCUT2D eigenvalue weighted by Crippen LogP contribution is -2.28. The van der Waals surface area contributed by atoms with E-state index in [1.807, 2.05) is 31.2 Å². The Labute approximate surface area is 146 Å². The molecule has 25 heavy (non-hydrogen) atoms. The number of nitrogens with zero attached hydrogens (tertiary/aromatic N) is 2. The molecule has 0 aliphatic carbocycles. The molecule has 1 atom stereocenters. The van der Waals surface area contributed by atoms with Gasteiger partial charge in [-0.3, -0.25) is 14.3 Å². The lowest BCUT2D eigenvalue weighted by atomic mass is 9.98. The summed E-state index contributed by atoms with van der Waals surface area (Å²) in [7, 11) is 3.38. The molecule has 2 heterocycles. The second-order valence-electron chi connectivity index (χ2n) is 6.29. The van der Waals surface area contributed by atoms with Crippen LogP contribution in [0.4, 0.5) is 11.6 Å². The highest BCUT2D eigenvalue weighted by molar-refractivity contribution is 5.97. The van der Waals surface area contributed by atoms with E-state index in [1.165, 1.54) is 0 Å². The highest BCUT2D eigenvalue weighted by Crippen LogP contribution is 2.31. The van der Waals surface area contributed by atoms with E-state index in [9.17, 15) is 9.59 Å². The molecule has 1 aliphatic heterocycles. The molecule has 1 aliphatic rings. The molecule has 2 N–H and O–H groups in total. The van der Waals surface area contributed by atoms with E-state index in [1.54, 1.807) is 18.8 Å². The van der Waals surface area contributed by atoms with Gasteiger partial charge in [0, 0.05) is 24.9 Å². The van der Waals surface area contributed by atoms with Crippen molar-refractivity contribution in [2.24, 2.45) is 13.0 Å². The number of aromatic nitrogens is 2. The number of nitrogens with one attached hydrogen (secondary N) is 2. The first-order valence-electron chi connectivity index (χ1n) is 8.27. The third kappa shape index (κ3) is 3.65. The van der Waals surface area contributed by atoms with Gasteiger partial charge in [0.2, 0.25) is 11.8 Å². The first kappa shape index (κ1) is 17.0. The number of carbonyl (C=O) groups is 2. The molecule has 7 heteroatoms. The summed E-state index contributed by atoms with van der Waals surface area (Å²) in [5.74, 6) is 1.74. The molecule has 2 amide bonds. The summed E-state index contributed by atoms with van der Waals surface area (Å²) in [6.45, 7) is 1.86. The van der Waals surface area contributed by atoms with Crippen molar-refractivity contribution >= 4 is 23.5 Å². The van der Waals surface area contributed by atoms with Crippen molar-refractivity contribution in [2.45, 2.75) is 26.2 Å². The van der Waals surface area contributed by atoms with Crippen LogP contribution in [-0.2, 0) is 29.5 Å². The minimum absolute atomic E-state index is 0.0205. The number of aryl methyl sites for hydroxylation is 2. The first-order chi connectivity index (χ1) is 12.0. The van der Waals surface area contributed by atoms with Crippen molar-refractivity contribution in [2.75, 3.05) is 17.7 Å². The minimum atomic E-state index is -0.133. The number of hydrogen-bond acceptors (Lipinski definition) is 4. The Balaban J connectivity index is 1.63. The zero-order chi connectivity index (χ0) is 18.0. The third-order valence-electron chi connectivity index (χ3n) is 4.40. The Morgan fingerprint density at radius 1 is 1.40 bits per heavy atom. The van der Waals surface area contributed by atoms with E-state index in [-0.39, 0.29) is 17.7 Å². The molecule has 0 fully saturated rings. The fourth-order valence-electron chi connectivity index (χ4n) is 2.90. The van der Waals surface area contributed by atoms with Crippen LogP contribution in [0.15, 0.2) is 24.3 Å². The molecule has 0 bridgehead atoms. The molecular formula is C18H22N4O3. The zero-order valence-corrected chi connectivity index (χ0v) is 14.6. The molecule has 1 aromatic heterocycles. The average molecular weight is 342 g/mol. The maximum absolute atomic E-state index is 12.3. The van der Waals surface area contributed by atoms with Crippen LogP contribution >= 0.6 is 0 Å². The lowest BCUT2D eigenvalue weighted by Gasteiger charge is -2.19. The van der Waals surface area contributed by atoms with E-state index in [4.69, 9.17) is 4.74 Å². The number of rotatable bonds is 5. The van der Waals surface area contributed by atoms with Crippen LogP contribution in [0.5, 0.6) is 5.75 Å². The monoisotopic (exact) mass is 342 g/mol. The number of anilines is 2. The molecular weight excluding hydrogens is 320 g/mol. The van der Waals surface area contributed by atoms with Gasteiger partial charge in [-0.2, -0.15) is 5.10 Å². The molecule has 132 valence electrons. The molecule has 1 aromatic carbocycles. The molecule has 1 unspecified atom stereocenters. The molecule has 0 saturated heterocycles. The first-order valence-corrected chi connectivity index (χ1v) is 8.27. The van der Waals surface area contributed by atoms with Crippen molar-refractivity contribution < 1.29 is 14.3 Å². The lowest BCUT2D eigenvalue weighted by molar-refractivity contribution is -0.119. The van der Waals surface area contributed by atoms with Crippen molar-refractivity contribution in [3.8, 4) is 5.75 Å². The molecule has 0 spiro atoms. The molecule has 2 aromatic rings. The van der Waals surface area contributed by atoms with Gasteiger partial charge in [0.05, 0.1) is 7.11 Å². The number of methoxy groups -OCH3 is 1. The van der Waals surface area contributed by atoms with Gasteiger partial charge in [-0.1, -0.05) is 19.1 Å². The summed E-state index contributed by atoms with van der Waals surface area (Å²) >= 11 is 0. The van der Waals surface area contributed by atoms with Crippen LogP contribution in [0.1, 0.15) is 24.5 Å². The summed E-state index contributed by atoms with van der Waals surface area (Å²) in [5.41, 5.74) is 1.95. The van der Waals surface area contributed by atoms with Gasteiger partial charge < -0.3 is 15.4 Å². The van der Waals surface area contributed by atoms with Crippen LogP contribution in [0.25, 0.3) is 0 Å². The van der Waals surface area contributed by atoms with Gasteiger partial charge in [0.25, 0.3) is 0 Å². The van der Waals surface area contributed by atoms with E-state index in [2.05, 4.69) is 15.7 Å². The minimum Gasteiger partial charge on any atom is -0.497 e. The number of hydrogen-bond donors (Lipinski definition) is 2. The Hall–Kier alpha value is -2.83. The van der Waals surface area contributed by atoms with Gasteiger partial charge in [0.15, 0.2) is 5.82 Å². The second-order valence-corrected chi connectivity index (χ2v) is 6.29. The fourth-order valence-corrected chi connectivity index (χ4v) is 2.90. The maximum Gasteiger partial charge on any atom is 0.228 e. The topological polar surface area (TPSA) is 85.2 Å². The molecule has 7 nitrogen and oxygen atoms in total. The normalized spacial score (nSPS) is 16.1. The van der Waals surface area contributed by atoms with Crippen LogP contribution in [0.3, 0.4) is 0 Å². The highest BCUT2D eigenvalue weighted by Gasteiger charge is 2.29. The Morgan fingerprint density at radius 3 is 2.80 bits per heavy atom. The Kier molecular flexibility index (Phi) is 4.74. The fraction of sp³-hybridized carbons (Fsp3) is 0.389. The van der Waals surface area contributed by atoms with Crippen LogP contribution in [0, 0.1) is 5.92 Å².